The van der Waals surface area contributed by atoms with Gasteiger partial charge in [0.2, 0.25) is 5.91 Å². The van der Waals surface area contributed by atoms with E-state index in [1.807, 2.05) is 13.8 Å². The highest BCUT2D eigenvalue weighted by Gasteiger charge is 2.20. The molecule has 114 valence electrons. The summed E-state index contributed by atoms with van der Waals surface area (Å²) in [5, 5.41) is 8.77. The first-order valence-electron chi connectivity index (χ1n) is 6.35. The molecule has 1 rings (SSSR count). The lowest BCUT2D eigenvalue weighted by atomic mass is 10.2. The van der Waals surface area contributed by atoms with Crippen LogP contribution in [0.2, 0.25) is 0 Å². The normalized spacial score (nSPS) is 10.2. The molecule has 0 spiro atoms. The number of ether oxygens (including phenoxy) is 1. The van der Waals surface area contributed by atoms with Gasteiger partial charge < -0.3 is 20.5 Å². The van der Waals surface area contributed by atoms with Crippen molar-refractivity contribution in [3.63, 3.8) is 0 Å². The van der Waals surface area contributed by atoms with Gasteiger partial charge in [-0.25, -0.2) is 0 Å². The Morgan fingerprint density at radius 2 is 1.76 bits per heavy atom. The summed E-state index contributed by atoms with van der Waals surface area (Å²) in [5.41, 5.74) is 5.28. The van der Waals surface area contributed by atoms with Crippen molar-refractivity contribution < 1.29 is 24.2 Å². The highest BCUT2D eigenvalue weighted by molar-refractivity contribution is 5.98. The molecule has 2 amide bonds. The van der Waals surface area contributed by atoms with Crippen LogP contribution in [0.1, 0.15) is 24.2 Å². The largest absolute Gasteiger partial charge is 0.491 e. The van der Waals surface area contributed by atoms with Gasteiger partial charge >= 0.3 is 5.97 Å². The molecule has 21 heavy (non-hydrogen) atoms. The van der Waals surface area contributed by atoms with Gasteiger partial charge in [-0.3, -0.25) is 14.4 Å². The number of carboxylic acid groups (broad SMARTS) is 1. The first-order valence-corrected chi connectivity index (χ1v) is 6.35. The van der Waals surface area contributed by atoms with Crippen LogP contribution < -0.4 is 10.5 Å². The number of carboxylic acids is 1. The summed E-state index contributed by atoms with van der Waals surface area (Å²) in [7, 11) is 0. The average Bonchev–Trinajstić information content (AvgIpc) is 2.36. The molecular weight excluding hydrogens is 276 g/mol. The molecule has 0 fully saturated rings. The second-order valence-electron chi connectivity index (χ2n) is 4.71. The van der Waals surface area contributed by atoms with Crippen LogP contribution in [0, 0.1) is 0 Å². The highest BCUT2D eigenvalue weighted by Crippen LogP contribution is 2.15. The van der Waals surface area contributed by atoms with Crippen LogP contribution in [-0.2, 0) is 9.59 Å². The maximum absolute atomic E-state index is 12.2. The first-order chi connectivity index (χ1) is 9.79. The lowest BCUT2D eigenvalue weighted by molar-refractivity contribution is -0.138. The van der Waals surface area contributed by atoms with Crippen LogP contribution in [-0.4, -0.2) is 47.0 Å². The third-order valence-corrected chi connectivity index (χ3v) is 2.43. The molecule has 7 heteroatoms. The molecule has 1 aromatic carbocycles. The van der Waals surface area contributed by atoms with Crippen molar-refractivity contribution in [2.45, 2.75) is 20.0 Å². The minimum atomic E-state index is -1.22. The minimum absolute atomic E-state index is 0.00456. The lowest BCUT2D eigenvalue weighted by Crippen LogP contribution is -2.41. The fourth-order valence-electron chi connectivity index (χ4n) is 1.68. The Kier molecular flexibility index (Phi) is 5.71. The molecule has 0 bridgehead atoms. The van der Waals surface area contributed by atoms with Crippen molar-refractivity contribution in [1.29, 1.82) is 0 Å². The van der Waals surface area contributed by atoms with Crippen LogP contribution in [0.3, 0.4) is 0 Å². The van der Waals surface area contributed by atoms with Crippen LogP contribution >= 0.6 is 0 Å². The molecule has 7 nitrogen and oxygen atoms in total. The smallest absolute Gasteiger partial charge is 0.323 e. The number of benzene rings is 1. The summed E-state index contributed by atoms with van der Waals surface area (Å²) in [5.74, 6) is -1.97. The van der Waals surface area contributed by atoms with E-state index in [-0.39, 0.29) is 11.7 Å². The molecule has 1 aromatic rings. The number of nitrogens with zero attached hydrogens (tertiary/aromatic N) is 1. The zero-order chi connectivity index (χ0) is 16.0. The van der Waals surface area contributed by atoms with Crippen molar-refractivity contribution in [3.05, 3.63) is 29.8 Å². The zero-order valence-electron chi connectivity index (χ0n) is 11.9. The number of amides is 2. The number of hydrogen-bond acceptors (Lipinski definition) is 4. The van der Waals surface area contributed by atoms with Gasteiger partial charge in [-0.2, -0.15) is 0 Å². The Hall–Kier alpha value is -2.57. The summed E-state index contributed by atoms with van der Waals surface area (Å²) in [6.45, 7) is 2.71. The topological polar surface area (TPSA) is 110 Å². The molecule has 0 radical (unpaired) electrons. The lowest BCUT2D eigenvalue weighted by Gasteiger charge is -2.19. The molecule has 0 aliphatic heterocycles. The summed E-state index contributed by atoms with van der Waals surface area (Å²) in [4.78, 5) is 34.7. The Bertz CT molecular complexity index is 509. The van der Waals surface area contributed by atoms with Gasteiger partial charge in [0, 0.05) is 5.56 Å². The molecule has 0 atom stereocenters. The van der Waals surface area contributed by atoms with Crippen LogP contribution in [0.15, 0.2) is 24.3 Å². The predicted molar refractivity (Wildman–Crippen MR) is 74.9 cm³/mol. The second-order valence-corrected chi connectivity index (χ2v) is 4.71. The standard InChI is InChI=1S/C14H18N2O5/c1-9(2)21-11-5-3-10(4-6-11)14(20)16(7-12(15)17)8-13(18)19/h3-6,9H,7-8H2,1-2H3,(H2,15,17)(H,18,19). The molecule has 0 heterocycles. The number of rotatable bonds is 7. The van der Waals surface area contributed by atoms with Gasteiger partial charge in [-0.15, -0.1) is 0 Å². The van der Waals surface area contributed by atoms with E-state index in [2.05, 4.69) is 0 Å². The molecule has 3 N–H and O–H groups in total. The molecule has 0 saturated heterocycles. The van der Waals surface area contributed by atoms with Crippen molar-refractivity contribution in [2.24, 2.45) is 5.73 Å². The second kappa shape index (κ2) is 7.28. The van der Waals surface area contributed by atoms with Gasteiger partial charge in [0.1, 0.15) is 18.8 Å². The van der Waals surface area contributed by atoms with E-state index in [4.69, 9.17) is 15.6 Å². The number of nitrogens with two attached hydrogens (primary N) is 1. The summed E-state index contributed by atoms with van der Waals surface area (Å²) in [6.07, 6.45) is 0.00456. The van der Waals surface area contributed by atoms with Gasteiger partial charge in [-0.05, 0) is 38.1 Å². The molecular formula is C14H18N2O5. The number of hydrogen-bond donors (Lipinski definition) is 2. The van der Waals surface area contributed by atoms with E-state index in [1.165, 1.54) is 12.1 Å². The first kappa shape index (κ1) is 16.5. The van der Waals surface area contributed by atoms with Crippen LogP contribution in [0.4, 0.5) is 0 Å². The SMILES string of the molecule is CC(C)Oc1ccc(C(=O)N(CC(N)=O)CC(=O)O)cc1. The van der Waals surface area contributed by atoms with Crippen molar-refractivity contribution in [3.8, 4) is 5.75 Å². The number of aliphatic carboxylic acids is 1. The Labute approximate surface area is 122 Å². The molecule has 0 aliphatic rings. The van der Waals surface area contributed by atoms with Gasteiger partial charge in [0.15, 0.2) is 0 Å². The number of primary amides is 1. The number of carbonyl (C=O) groups is 3. The Morgan fingerprint density at radius 3 is 2.19 bits per heavy atom. The molecule has 0 unspecified atom stereocenters. The van der Waals surface area contributed by atoms with Crippen LogP contribution in [0.5, 0.6) is 5.75 Å². The van der Waals surface area contributed by atoms with E-state index in [0.29, 0.717) is 5.75 Å². The monoisotopic (exact) mass is 294 g/mol. The number of carbonyl (C=O) groups excluding carboxylic acids is 2. The fraction of sp³-hybridized carbons (Fsp3) is 0.357. The van der Waals surface area contributed by atoms with Crippen LogP contribution in [0.25, 0.3) is 0 Å². The predicted octanol–water partition coefficient (Wildman–Crippen LogP) is 0.486. The molecule has 0 aromatic heterocycles. The maximum Gasteiger partial charge on any atom is 0.323 e. The van der Waals surface area contributed by atoms with E-state index in [0.717, 1.165) is 4.90 Å². The summed E-state index contributed by atoms with van der Waals surface area (Å²) < 4.78 is 5.45. The fourth-order valence-corrected chi connectivity index (χ4v) is 1.68. The van der Waals surface area contributed by atoms with E-state index >= 15 is 0 Å². The van der Waals surface area contributed by atoms with Gasteiger partial charge in [0.25, 0.3) is 5.91 Å². The van der Waals surface area contributed by atoms with Crippen molar-refractivity contribution in [1.82, 2.24) is 4.90 Å². The third-order valence-electron chi connectivity index (χ3n) is 2.43. The van der Waals surface area contributed by atoms with Crippen molar-refractivity contribution in [2.75, 3.05) is 13.1 Å². The van der Waals surface area contributed by atoms with Crippen molar-refractivity contribution >= 4 is 17.8 Å². The molecule has 0 saturated carbocycles. The minimum Gasteiger partial charge on any atom is -0.491 e. The van der Waals surface area contributed by atoms with Gasteiger partial charge in [0.05, 0.1) is 6.10 Å². The summed E-state index contributed by atoms with van der Waals surface area (Å²) in [6, 6.07) is 6.23. The Balaban J connectivity index is 2.87. The van der Waals surface area contributed by atoms with E-state index in [1.54, 1.807) is 12.1 Å². The zero-order valence-corrected chi connectivity index (χ0v) is 11.9. The van der Waals surface area contributed by atoms with E-state index < -0.39 is 30.9 Å². The Morgan fingerprint density at radius 1 is 1.19 bits per heavy atom. The van der Waals surface area contributed by atoms with Gasteiger partial charge in [-0.1, -0.05) is 0 Å². The maximum atomic E-state index is 12.2. The quantitative estimate of drug-likeness (QED) is 0.760. The highest BCUT2D eigenvalue weighted by atomic mass is 16.5. The molecule has 0 aliphatic carbocycles. The third kappa shape index (κ3) is 5.52. The average molecular weight is 294 g/mol. The van der Waals surface area contributed by atoms with E-state index in [9.17, 15) is 14.4 Å². The summed E-state index contributed by atoms with van der Waals surface area (Å²) >= 11 is 0.